The third kappa shape index (κ3) is 2.71. The zero-order chi connectivity index (χ0) is 15.8. The molecule has 0 N–H and O–H groups in total. The standard InChI is InChI=1S/C16H19ClN4O2/c1-20-15(11-3-2-6-23-10-11)19-14-12(9-13(17)18-16(14)20)21-4-7-22-8-5-21/h3,9H,2,4-8,10H2,1H3. The van der Waals surface area contributed by atoms with E-state index in [1.165, 1.54) is 0 Å². The van der Waals surface area contributed by atoms with Crippen LogP contribution in [0.1, 0.15) is 12.2 Å². The lowest BCUT2D eigenvalue weighted by atomic mass is 10.2. The molecule has 23 heavy (non-hydrogen) atoms. The molecule has 0 atom stereocenters. The summed E-state index contributed by atoms with van der Waals surface area (Å²) in [6, 6.07) is 1.90. The molecule has 122 valence electrons. The lowest BCUT2D eigenvalue weighted by molar-refractivity contribution is 0.123. The van der Waals surface area contributed by atoms with E-state index in [2.05, 4.69) is 16.0 Å². The van der Waals surface area contributed by atoms with E-state index in [9.17, 15) is 0 Å². The molecule has 4 heterocycles. The van der Waals surface area contributed by atoms with Crippen LogP contribution in [0.5, 0.6) is 0 Å². The van der Waals surface area contributed by atoms with E-state index in [4.69, 9.17) is 26.1 Å². The van der Waals surface area contributed by atoms with Crippen molar-refractivity contribution in [3.63, 3.8) is 0 Å². The summed E-state index contributed by atoms with van der Waals surface area (Å²) in [5.41, 5.74) is 3.84. The SMILES string of the molecule is Cn1c(C2=CCCOC2)nc2c(N3CCOCC3)cc(Cl)nc21. The summed E-state index contributed by atoms with van der Waals surface area (Å²) in [6.45, 7) is 4.49. The summed E-state index contributed by atoms with van der Waals surface area (Å²) in [4.78, 5) is 11.6. The third-order valence-electron chi connectivity index (χ3n) is 4.33. The molecule has 0 bridgehead atoms. The summed E-state index contributed by atoms with van der Waals surface area (Å²) in [5, 5.41) is 0.488. The molecule has 6 nitrogen and oxygen atoms in total. The van der Waals surface area contributed by atoms with Gasteiger partial charge in [0.2, 0.25) is 0 Å². The van der Waals surface area contributed by atoms with Crippen LogP contribution in [0, 0.1) is 0 Å². The van der Waals surface area contributed by atoms with Crippen LogP contribution >= 0.6 is 11.6 Å². The maximum atomic E-state index is 6.26. The number of nitrogens with zero attached hydrogens (tertiary/aromatic N) is 4. The van der Waals surface area contributed by atoms with Gasteiger partial charge in [0, 0.05) is 31.8 Å². The normalized spacial score (nSPS) is 19.2. The maximum absolute atomic E-state index is 6.26. The number of aromatic nitrogens is 3. The number of ether oxygens (including phenoxy) is 2. The van der Waals surface area contributed by atoms with Crippen molar-refractivity contribution in [2.24, 2.45) is 7.05 Å². The van der Waals surface area contributed by atoms with Crippen LogP contribution in [0.2, 0.25) is 5.15 Å². The van der Waals surface area contributed by atoms with Crippen LogP contribution < -0.4 is 4.90 Å². The highest BCUT2D eigenvalue weighted by Crippen LogP contribution is 2.31. The van der Waals surface area contributed by atoms with Crippen LogP contribution in [-0.2, 0) is 16.5 Å². The number of aryl methyl sites for hydroxylation is 1. The molecule has 0 aliphatic carbocycles. The molecule has 2 aliphatic rings. The monoisotopic (exact) mass is 334 g/mol. The van der Waals surface area contributed by atoms with Crippen LogP contribution in [0.25, 0.3) is 16.7 Å². The number of fused-ring (bicyclic) bond motifs is 1. The van der Waals surface area contributed by atoms with E-state index >= 15 is 0 Å². The van der Waals surface area contributed by atoms with Gasteiger partial charge in [-0.15, -0.1) is 0 Å². The minimum absolute atomic E-state index is 0.488. The Morgan fingerprint density at radius 2 is 1.96 bits per heavy atom. The highest BCUT2D eigenvalue weighted by molar-refractivity contribution is 6.30. The van der Waals surface area contributed by atoms with E-state index < -0.39 is 0 Å². The first kappa shape index (κ1) is 14.9. The molecular weight excluding hydrogens is 316 g/mol. The highest BCUT2D eigenvalue weighted by Gasteiger charge is 2.22. The van der Waals surface area contributed by atoms with Gasteiger partial charge in [0.25, 0.3) is 0 Å². The number of pyridine rings is 1. The predicted molar refractivity (Wildman–Crippen MR) is 90.0 cm³/mol. The summed E-state index contributed by atoms with van der Waals surface area (Å²) in [6.07, 6.45) is 3.11. The highest BCUT2D eigenvalue weighted by atomic mass is 35.5. The van der Waals surface area contributed by atoms with Crippen molar-refractivity contribution in [1.29, 1.82) is 0 Å². The number of rotatable bonds is 2. The Bertz CT molecular complexity index is 765. The molecule has 0 aromatic carbocycles. The van der Waals surface area contributed by atoms with Gasteiger partial charge in [-0.2, -0.15) is 0 Å². The molecule has 2 aliphatic heterocycles. The molecule has 0 radical (unpaired) electrons. The van der Waals surface area contributed by atoms with Crippen molar-refractivity contribution in [3.05, 3.63) is 23.1 Å². The quantitative estimate of drug-likeness (QED) is 0.789. The Kier molecular flexibility index (Phi) is 3.97. The number of hydrogen-bond donors (Lipinski definition) is 0. The molecule has 2 aromatic rings. The second-order valence-electron chi connectivity index (χ2n) is 5.80. The zero-order valence-corrected chi connectivity index (χ0v) is 13.8. The number of halogens is 1. The number of hydrogen-bond acceptors (Lipinski definition) is 5. The number of imidazole rings is 1. The van der Waals surface area contributed by atoms with Gasteiger partial charge in [0.05, 0.1) is 32.1 Å². The van der Waals surface area contributed by atoms with Gasteiger partial charge >= 0.3 is 0 Å². The van der Waals surface area contributed by atoms with E-state index in [0.717, 1.165) is 67.6 Å². The molecule has 7 heteroatoms. The minimum Gasteiger partial charge on any atom is -0.378 e. The molecule has 0 spiro atoms. The van der Waals surface area contributed by atoms with Gasteiger partial charge in [-0.1, -0.05) is 17.7 Å². The van der Waals surface area contributed by atoms with Gasteiger partial charge < -0.3 is 18.9 Å². The molecule has 1 fully saturated rings. The van der Waals surface area contributed by atoms with Crippen molar-refractivity contribution < 1.29 is 9.47 Å². The van der Waals surface area contributed by atoms with Gasteiger partial charge in [-0.25, -0.2) is 9.97 Å². The van der Waals surface area contributed by atoms with Gasteiger partial charge in [0.1, 0.15) is 16.5 Å². The lowest BCUT2D eigenvalue weighted by Gasteiger charge is -2.28. The first-order chi connectivity index (χ1) is 11.2. The zero-order valence-electron chi connectivity index (χ0n) is 13.1. The average molecular weight is 335 g/mol. The molecule has 1 saturated heterocycles. The Labute approximate surface area is 139 Å². The fourth-order valence-corrected chi connectivity index (χ4v) is 3.33. The Morgan fingerprint density at radius 1 is 1.13 bits per heavy atom. The van der Waals surface area contributed by atoms with E-state index in [1.807, 2.05) is 17.7 Å². The molecule has 0 saturated carbocycles. The van der Waals surface area contributed by atoms with Crippen LogP contribution in [0.15, 0.2) is 12.1 Å². The second kappa shape index (κ2) is 6.11. The van der Waals surface area contributed by atoms with Crippen molar-refractivity contribution in [2.75, 3.05) is 44.4 Å². The Hall–Kier alpha value is -1.63. The first-order valence-electron chi connectivity index (χ1n) is 7.87. The summed E-state index contributed by atoms with van der Waals surface area (Å²) >= 11 is 6.26. The fourth-order valence-electron chi connectivity index (χ4n) is 3.15. The Morgan fingerprint density at radius 3 is 2.70 bits per heavy atom. The van der Waals surface area contributed by atoms with Crippen LogP contribution in [-0.4, -0.2) is 54.1 Å². The first-order valence-corrected chi connectivity index (χ1v) is 8.24. The van der Waals surface area contributed by atoms with E-state index in [1.54, 1.807) is 0 Å². The minimum atomic E-state index is 0.488. The summed E-state index contributed by atoms with van der Waals surface area (Å²) in [5.74, 6) is 0.906. The predicted octanol–water partition coefficient (Wildman–Crippen LogP) is 2.26. The maximum Gasteiger partial charge on any atom is 0.163 e. The number of anilines is 1. The average Bonchev–Trinajstić information content (AvgIpc) is 2.93. The second-order valence-corrected chi connectivity index (χ2v) is 6.19. The third-order valence-corrected chi connectivity index (χ3v) is 4.52. The molecule has 0 amide bonds. The lowest BCUT2D eigenvalue weighted by Crippen LogP contribution is -2.36. The van der Waals surface area contributed by atoms with Crippen LogP contribution in [0.3, 0.4) is 0 Å². The van der Waals surface area contributed by atoms with Crippen molar-refractivity contribution >= 4 is 34.0 Å². The van der Waals surface area contributed by atoms with Gasteiger partial charge in [-0.3, -0.25) is 0 Å². The van der Waals surface area contributed by atoms with E-state index in [0.29, 0.717) is 11.8 Å². The van der Waals surface area contributed by atoms with E-state index in [-0.39, 0.29) is 0 Å². The molecule has 2 aromatic heterocycles. The van der Waals surface area contributed by atoms with Gasteiger partial charge in [-0.05, 0) is 6.42 Å². The topological polar surface area (TPSA) is 52.4 Å². The van der Waals surface area contributed by atoms with Crippen molar-refractivity contribution in [2.45, 2.75) is 6.42 Å². The van der Waals surface area contributed by atoms with Crippen molar-refractivity contribution in [3.8, 4) is 0 Å². The number of morpholine rings is 1. The molecule has 4 rings (SSSR count). The summed E-state index contributed by atoms with van der Waals surface area (Å²) < 4.78 is 13.0. The Balaban J connectivity index is 1.85. The summed E-state index contributed by atoms with van der Waals surface area (Å²) in [7, 11) is 1.98. The molecular formula is C16H19ClN4O2. The van der Waals surface area contributed by atoms with Gasteiger partial charge in [0.15, 0.2) is 5.65 Å². The molecule has 0 unspecified atom stereocenters. The fraction of sp³-hybridized carbons (Fsp3) is 0.500. The smallest absolute Gasteiger partial charge is 0.163 e. The largest absolute Gasteiger partial charge is 0.378 e. The van der Waals surface area contributed by atoms with Crippen molar-refractivity contribution in [1.82, 2.24) is 14.5 Å². The van der Waals surface area contributed by atoms with Crippen LogP contribution in [0.4, 0.5) is 5.69 Å².